The number of amides is 2. The molecule has 1 aliphatic rings. The van der Waals surface area contributed by atoms with Gasteiger partial charge in [-0.15, -0.1) is 0 Å². The van der Waals surface area contributed by atoms with Gasteiger partial charge in [-0.3, -0.25) is 4.79 Å². The Morgan fingerprint density at radius 1 is 0.632 bits per heavy atom. The number of hydrogen-bond donors (Lipinski definition) is 2. The second-order valence-electron chi connectivity index (χ2n) is 14.1. The summed E-state index contributed by atoms with van der Waals surface area (Å²) in [5, 5.41) is 5.52. The van der Waals surface area contributed by atoms with Gasteiger partial charge in [0.05, 0.1) is 92.5 Å². The molecule has 1 atom stereocenters. The van der Waals surface area contributed by atoms with Gasteiger partial charge in [0.25, 0.3) is 0 Å². The zero-order valence-corrected chi connectivity index (χ0v) is 34.2. The van der Waals surface area contributed by atoms with Crippen LogP contribution in [0.4, 0.5) is 4.79 Å². The zero-order chi connectivity index (χ0) is 41.0. The van der Waals surface area contributed by atoms with Crippen molar-refractivity contribution in [2.45, 2.75) is 57.6 Å². The molecule has 2 N–H and O–H groups in total. The second kappa shape index (κ2) is 28.7. The third-order valence-corrected chi connectivity index (χ3v) is 8.47. The van der Waals surface area contributed by atoms with Crippen molar-refractivity contribution in [1.82, 2.24) is 10.6 Å². The molecule has 2 amide bonds. The third kappa shape index (κ3) is 20.5. The molecule has 15 heteroatoms. The minimum absolute atomic E-state index is 0.0952. The van der Waals surface area contributed by atoms with E-state index in [0.29, 0.717) is 112 Å². The maximum absolute atomic E-state index is 13.0. The number of esters is 1. The number of fused-ring (bicyclic) bond motifs is 3. The van der Waals surface area contributed by atoms with Crippen molar-refractivity contribution in [3.05, 3.63) is 59.7 Å². The fraction of sp³-hybridized carbons (Fsp3) is 0.643. The lowest BCUT2D eigenvalue weighted by molar-refractivity contribution is -0.157. The maximum atomic E-state index is 13.0. The van der Waals surface area contributed by atoms with Crippen LogP contribution in [0.1, 0.15) is 57.1 Å². The van der Waals surface area contributed by atoms with Crippen LogP contribution >= 0.6 is 0 Å². The molecule has 2 aromatic rings. The van der Waals surface area contributed by atoms with E-state index in [9.17, 15) is 14.4 Å². The Labute approximate surface area is 337 Å². The van der Waals surface area contributed by atoms with E-state index in [-0.39, 0.29) is 31.6 Å². The third-order valence-electron chi connectivity index (χ3n) is 8.47. The molecule has 0 aromatic heterocycles. The standard InChI is InChI=1S/C42H64N2O13/c1-42(2,3)57-40(46)38(44-41(47)56-31-37-35-13-7-5-11-33(35)34-12-6-8-14-36(34)37)15-9-10-16-43-39(45)32-55-30-29-54-28-27-53-26-25-52-24-23-51-22-21-50-20-19-49-18-17-48-4/h5-8,11-14,37-38H,9-10,15-32H2,1-4H3,(H,43,45)(H,44,47)/t38-/m0/s1. The number of unbranched alkanes of at least 4 members (excludes halogenated alkanes) is 1. The predicted molar refractivity (Wildman–Crippen MR) is 212 cm³/mol. The topological polar surface area (TPSA) is 168 Å². The number of rotatable bonds is 32. The molecule has 0 saturated carbocycles. The lowest BCUT2D eigenvalue weighted by Gasteiger charge is -2.24. The van der Waals surface area contributed by atoms with Gasteiger partial charge >= 0.3 is 12.1 Å². The number of benzene rings is 2. The molecule has 3 rings (SSSR count). The number of alkyl carbamates (subject to hydrolysis) is 1. The summed E-state index contributed by atoms with van der Waals surface area (Å²) in [6.45, 7) is 12.2. The van der Waals surface area contributed by atoms with E-state index in [0.717, 1.165) is 22.3 Å². The summed E-state index contributed by atoms with van der Waals surface area (Å²) < 4.78 is 54.1. The Kier molecular flexibility index (Phi) is 24.0. The van der Waals surface area contributed by atoms with Crippen LogP contribution < -0.4 is 10.6 Å². The summed E-state index contributed by atoms with van der Waals surface area (Å²) in [6.07, 6.45) is 0.766. The van der Waals surface area contributed by atoms with E-state index in [2.05, 4.69) is 22.8 Å². The van der Waals surface area contributed by atoms with Crippen molar-refractivity contribution in [2.24, 2.45) is 0 Å². The van der Waals surface area contributed by atoms with Gasteiger partial charge in [0.1, 0.15) is 24.9 Å². The number of carbonyl (C=O) groups is 3. The van der Waals surface area contributed by atoms with Gasteiger partial charge in [-0.2, -0.15) is 0 Å². The minimum Gasteiger partial charge on any atom is -0.458 e. The van der Waals surface area contributed by atoms with Gasteiger partial charge < -0.3 is 58.0 Å². The van der Waals surface area contributed by atoms with Crippen LogP contribution in [0.5, 0.6) is 0 Å². The highest BCUT2D eigenvalue weighted by Gasteiger charge is 2.31. The first-order chi connectivity index (χ1) is 27.7. The largest absolute Gasteiger partial charge is 0.458 e. The van der Waals surface area contributed by atoms with Gasteiger partial charge in [0.15, 0.2) is 0 Å². The number of nitrogens with one attached hydrogen (secondary N) is 2. The molecule has 0 saturated heterocycles. The Bertz CT molecular complexity index is 1370. The fourth-order valence-electron chi connectivity index (χ4n) is 5.78. The first-order valence-electron chi connectivity index (χ1n) is 19.8. The molecule has 0 radical (unpaired) electrons. The molecule has 1 aliphatic carbocycles. The maximum Gasteiger partial charge on any atom is 0.407 e. The lowest BCUT2D eigenvalue weighted by atomic mass is 9.98. The number of carbonyl (C=O) groups excluding carboxylic acids is 3. The highest BCUT2D eigenvalue weighted by molar-refractivity contribution is 5.82. The summed E-state index contributed by atoms with van der Waals surface area (Å²) in [6, 6.07) is 15.3. The van der Waals surface area contributed by atoms with Crippen LogP contribution in [-0.2, 0) is 57.0 Å². The molecule has 0 fully saturated rings. The summed E-state index contributed by atoms with van der Waals surface area (Å²) in [5.74, 6) is -0.891. The Hall–Kier alpha value is -3.67. The van der Waals surface area contributed by atoms with Crippen LogP contribution in [0.3, 0.4) is 0 Å². The summed E-state index contributed by atoms with van der Waals surface area (Å²) in [5.41, 5.74) is 3.74. The van der Waals surface area contributed by atoms with Crippen molar-refractivity contribution in [3.8, 4) is 11.1 Å². The highest BCUT2D eigenvalue weighted by Crippen LogP contribution is 2.44. The number of hydrogen-bond acceptors (Lipinski definition) is 13. The van der Waals surface area contributed by atoms with Crippen molar-refractivity contribution >= 4 is 18.0 Å². The van der Waals surface area contributed by atoms with Crippen LogP contribution in [0.2, 0.25) is 0 Å². The Morgan fingerprint density at radius 2 is 1.09 bits per heavy atom. The smallest absolute Gasteiger partial charge is 0.407 e. The highest BCUT2D eigenvalue weighted by atomic mass is 16.6. The molecule has 0 bridgehead atoms. The molecule has 15 nitrogen and oxygen atoms in total. The minimum atomic E-state index is -0.900. The zero-order valence-electron chi connectivity index (χ0n) is 34.2. The van der Waals surface area contributed by atoms with Crippen molar-refractivity contribution in [1.29, 1.82) is 0 Å². The molecule has 0 heterocycles. The molecule has 57 heavy (non-hydrogen) atoms. The number of ether oxygens (including phenoxy) is 10. The SMILES string of the molecule is COCCOCCOCCOCCOCCOCCOCCOCC(=O)NCCCC[C@H](NC(=O)OCC1c2ccccc2-c2ccccc21)C(=O)OC(C)(C)C. The fourth-order valence-corrected chi connectivity index (χ4v) is 5.78. The molecular weight excluding hydrogens is 740 g/mol. The lowest BCUT2D eigenvalue weighted by Crippen LogP contribution is -2.44. The summed E-state index contributed by atoms with van der Waals surface area (Å²) >= 11 is 0. The number of methoxy groups -OCH3 is 1. The van der Waals surface area contributed by atoms with E-state index in [1.165, 1.54) is 0 Å². The van der Waals surface area contributed by atoms with Crippen molar-refractivity contribution in [2.75, 3.05) is 119 Å². The van der Waals surface area contributed by atoms with E-state index in [1.807, 2.05) is 36.4 Å². The average molecular weight is 805 g/mol. The monoisotopic (exact) mass is 804 g/mol. The van der Waals surface area contributed by atoms with E-state index in [1.54, 1.807) is 27.9 Å². The van der Waals surface area contributed by atoms with E-state index >= 15 is 0 Å². The van der Waals surface area contributed by atoms with Gasteiger partial charge in [0, 0.05) is 19.6 Å². The Balaban J connectivity index is 1.16. The first kappa shape index (κ1) is 47.7. The average Bonchev–Trinajstić information content (AvgIpc) is 3.51. The quantitative estimate of drug-likeness (QED) is 0.0796. The molecular formula is C42H64N2O13. The molecule has 0 spiro atoms. The van der Waals surface area contributed by atoms with Crippen LogP contribution in [-0.4, -0.2) is 149 Å². The Morgan fingerprint density at radius 3 is 1.56 bits per heavy atom. The van der Waals surface area contributed by atoms with Crippen molar-refractivity contribution in [3.63, 3.8) is 0 Å². The van der Waals surface area contributed by atoms with Gasteiger partial charge in [-0.25, -0.2) is 9.59 Å². The van der Waals surface area contributed by atoms with Crippen molar-refractivity contribution < 1.29 is 61.8 Å². The predicted octanol–water partition coefficient (Wildman–Crippen LogP) is 4.28. The molecule has 320 valence electrons. The van der Waals surface area contributed by atoms with Gasteiger partial charge in [-0.05, 0) is 62.3 Å². The molecule has 0 aliphatic heterocycles. The van der Waals surface area contributed by atoms with Gasteiger partial charge in [-0.1, -0.05) is 48.5 Å². The van der Waals surface area contributed by atoms with Crippen LogP contribution in [0.25, 0.3) is 11.1 Å². The van der Waals surface area contributed by atoms with Crippen LogP contribution in [0.15, 0.2) is 48.5 Å². The second-order valence-corrected chi connectivity index (χ2v) is 14.1. The van der Waals surface area contributed by atoms with E-state index in [4.69, 9.17) is 47.4 Å². The summed E-state index contributed by atoms with van der Waals surface area (Å²) in [4.78, 5) is 38.2. The molecule has 2 aromatic carbocycles. The normalized spacial score (nSPS) is 12.8. The van der Waals surface area contributed by atoms with Gasteiger partial charge in [0.2, 0.25) is 5.91 Å². The molecule has 0 unspecified atom stereocenters. The van der Waals surface area contributed by atoms with E-state index < -0.39 is 23.7 Å². The van der Waals surface area contributed by atoms with Crippen LogP contribution in [0, 0.1) is 0 Å². The first-order valence-corrected chi connectivity index (χ1v) is 19.8. The summed E-state index contributed by atoms with van der Waals surface area (Å²) in [7, 11) is 1.64.